The lowest BCUT2D eigenvalue weighted by atomic mass is 10.0. The fourth-order valence-corrected chi connectivity index (χ4v) is 2.18. The third-order valence-electron chi connectivity index (χ3n) is 3.20. The van der Waals surface area contributed by atoms with Crippen molar-refractivity contribution >= 4 is 23.2 Å². The Bertz CT molecular complexity index is 649. The van der Waals surface area contributed by atoms with E-state index in [0.717, 1.165) is 0 Å². The Kier molecular flexibility index (Phi) is 3.38. The molecular weight excluding hydrogens is 276 g/mol. The Morgan fingerprint density at radius 2 is 1.30 bits per heavy atom. The van der Waals surface area contributed by atoms with Gasteiger partial charge >= 0.3 is 0 Å². The molecule has 0 radical (unpaired) electrons. The third kappa shape index (κ3) is 2.50. The first-order chi connectivity index (χ1) is 9.66. The maximum Gasteiger partial charge on any atom is 0.194 e. The molecule has 1 aliphatic heterocycles. The van der Waals surface area contributed by atoms with Gasteiger partial charge in [0.05, 0.1) is 0 Å². The lowest BCUT2D eigenvalue weighted by Gasteiger charge is -1.98. The number of hydrogen-bond acceptors (Lipinski definition) is 3. The van der Waals surface area contributed by atoms with Crippen molar-refractivity contribution in [3.8, 4) is 0 Å². The molecule has 2 atom stereocenters. The number of ketones is 2. The van der Waals surface area contributed by atoms with Crippen LogP contribution in [0.1, 0.15) is 20.7 Å². The highest BCUT2D eigenvalue weighted by atomic mass is 35.5. The molecule has 0 N–H and O–H groups in total. The van der Waals surface area contributed by atoms with Crippen LogP contribution in [0.15, 0.2) is 54.6 Å². The summed E-state index contributed by atoms with van der Waals surface area (Å²) in [4.78, 5) is 24.3. The smallest absolute Gasteiger partial charge is 0.194 e. The number of epoxide rings is 1. The zero-order valence-corrected chi connectivity index (χ0v) is 11.2. The van der Waals surface area contributed by atoms with E-state index in [4.69, 9.17) is 16.3 Å². The molecule has 3 nitrogen and oxygen atoms in total. The second-order valence-corrected chi connectivity index (χ2v) is 5.02. The molecule has 0 bridgehead atoms. The standard InChI is InChI=1S/C16H11ClO3/c17-12-8-6-11(7-9-12)14(19)16-15(20-16)13(18)10-4-2-1-3-5-10/h1-9,15-16H/t15-,16-/m0/s1. The van der Waals surface area contributed by atoms with Crippen molar-refractivity contribution < 1.29 is 14.3 Å². The predicted octanol–water partition coefficient (Wildman–Crippen LogP) is 3.17. The summed E-state index contributed by atoms with van der Waals surface area (Å²) < 4.78 is 5.25. The van der Waals surface area contributed by atoms with Crippen LogP contribution in [0.2, 0.25) is 5.02 Å². The Labute approximate surface area is 121 Å². The fraction of sp³-hybridized carbons (Fsp3) is 0.125. The van der Waals surface area contributed by atoms with E-state index < -0.39 is 12.2 Å². The SMILES string of the molecule is O=C(c1ccccc1)[C@@H]1O[C@H]1C(=O)c1ccc(Cl)cc1. The van der Waals surface area contributed by atoms with Gasteiger partial charge in [0.2, 0.25) is 0 Å². The van der Waals surface area contributed by atoms with E-state index in [9.17, 15) is 9.59 Å². The summed E-state index contributed by atoms with van der Waals surface area (Å²) in [7, 11) is 0. The van der Waals surface area contributed by atoms with Crippen molar-refractivity contribution in [3.63, 3.8) is 0 Å². The minimum absolute atomic E-state index is 0.155. The summed E-state index contributed by atoms with van der Waals surface area (Å²) >= 11 is 5.77. The number of benzene rings is 2. The highest BCUT2D eigenvalue weighted by Gasteiger charge is 2.50. The topological polar surface area (TPSA) is 46.7 Å². The van der Waals surface area contributed by atoms with Gasteiger partial charge in [0.25, 0.3) is 0 Å². The first kappa shape index (κ1) is 13.0. The maximum absolute atomic E-state index is 12.1. The van der Waals surface area contributed by atoms with Crippen LogP contribution in [0.25, 0.3) is 0 Å². The summed E-state index contributed by atoms with van der Waals surface area (Å²) in [5.74, 6) is -0.339. The Balaban J connectivity index is 1.71. The molecule has 2 aromatic rings. The normalized spacial score (nSPS) is 20.4. The second kappa shape index (κ2) is 5.19. The molecule has 1 fully saturated rings. The highest BCUT2D eigenvalue weighted by Crippen LogP contribution is 2.29. The highest BCUT2D eigenvalue weighted by molar-refractivity contribution is 6.30. The number of carbonyl (C=O) groups is 2. The van der Waals surface area contributed by atoms with E-state index >= 15 is 0 Å². The zero-order chi connectivity index (χ0) is 14.1. The van der Waals surface area contributed by atoms with Crippen molar-refractivity contribution in [2.45, 2.75) is 12.2 Å². The van der Waals surface area contributed by atoms with Crippen LogP contribution in [-0.4, -0.2) is 23.8 Å². The van der Waals surface area contributed by atoms with Gasteiger partial charge in [-0.15, -0.1) is 0 Å². The molecule has 1 saturated heterocycles. The van der Waals surface area contributed by atoms with E-state index in [-0.39, 0.29) is 11.6 Å². The molecule has 3 rings (SSSR count). The molecule has 0 spiro atoms. The molecule has 1 heterocycles. The summed E-state index contributed by atoms with van der Waals surface area (Å²) in [6.07, 6.45) is -1.34. The van der Waals surface area contributed by atoms with E-state index in [2.05, 4.69) is 0 Å². The van der Waals surface area contributed by atoms with Crippen LogP contribution in [0.3, 0.4) is 0 Å². The number of rotatable bonds is 4. The third-order valence-corrected chi connectivity index (χ3v) is 3.45. The zero-order valence-electron chi connectivity index (χ0n) is 10.5. The van der Waals surface area contributed by atoms with Gasteiger partial charge in [-0.25, -0.2) is 0 Å². The van der Waals surface area contributed by atoms with Crippen LogP contribution in [0.5, 0.6) is 0 Å². The van der Waals surface area contributed by atoms with Gasteiger partial charge in [-0.05, 0) is 24.3 Å². The van der Waals surface area contributed by atoms with Crippen LogP contribution in [0, 0.1) is 0 Å². The monoisotopic (exact) mass is 286 g/mol. The van der Waals surface area contributed by atoms with Crippen molar-refractivity contribution in [2.75, 3.05) is 0 Å². The first-order valence-corrected chi connectivity index (χ1v) is 6.59. The molecule has 0 aromatic heterocycles. The molecule has 100 valence electrons. The van der Waals surface area contributed by atoms with Crippen molar-refractivity contribution in [1.82, 2.24) is 0 Å². The van der Waals surface area contributed by atoms with Crippen LogP contribution < -0.4 is 0 Å². The van der Waals surface area contributed by atoms with E-state index in [0.29, 0.717) is 16.1 Å². The van der Waals surface area contributed by atoms with Gasteiger partial charge < -0.3 is 4.74 Å². The van der Waals surface area contributed by atoms with Gasteiger partial charge in [-0.1, -0.05) is 41.9 Å². The minimum atomic E-state index is -0.677. The van der Waals surface area contributed by atoms with Crippen molar-refractivity contribution in [2.24, 2.45) is 0 Å². The molecule has 20 heavy (non-hydrogen) atoms. The van der Waals surface area contributed by atoms with Gasteiger partial charge in [0, 0.05) is 16.1 Å². The second-order valence-electron chi connectivity index (χ2n) is 4.58. The molecular formula is C16H11ClO3. The molecule has 1 aliphatic rings. The Hall–Kier alpha value is -1.97. The van der Waals surface area contributed by atoms with E-state index in [1.54, 1.807) is 48.5 Å². The van der Waals surface area contributed by atoms with Crippen molar-refractivity contribution in [3.05, 3.63) is 70.7 Å². The first-order valence-electron chi connectivity index (χ1n) is 6.21. The Morgan fingerprint density at radius 3 is 1.85 bits per heavy atom. The van der Waals surface area contributed by atoms with E-state index in [1.165, 1.54) is 0 Å². The number of halogens is 1. The summed E-state index contributed by atoms with van der Waals surface area (Å²) in [6.45, 7) is 0. The van der Waals surface area contributed by atoms with Crippen LogP contribution >= 0.6 is 11.6 Å². The molecule has 0 saturated carbocycles. The van der Waals surface area contributed by atoms with Gasteiger partial charge in [0.1, 0.15) is 0 Å². The lowest BCUT2D eigenvalue weighted by Crippen LogP contribution is -2.16. The maximum atomic E-state index is 12.1. The predicted molar refractivity (Wildman–Crippen MR) is 75.2 cm³/mol. The summed E-state index contributed by atoms with van der Waals surface area (Å²) in [5, 5.41) is 0.565. The average Bonchev–Trinajstić information content (AvgIpc) is 3.28. The summed E-state index contributed by atoms with van der Waals surface area (Å²) in [5.41, 5.74) is 1.06. The number of Topliss-reactive ketones (excluding diaryl/α,β-unsaturated/α-hetero) is 2. The van der Waals surface area contributed by atoms with Crippen molar-refractivity contribution in [1.29, 1.82) is 0 Å². The van der Waals surface area contributed by atoms with E-state index in [1.807, 2.05) is 6.07 Å². The fourth-order valence-electron chi connectivity index (χ4n) is 2.06. The van der Waals surface area contributed by atoms with Gasteiger partial charge in [-0.2, -0.15) is 0 Å². The lowest BCUT2D eigenvalue weighted by molar-refractivity contribution is 0.0948. The number of carbonyl (C=O) groups excluding carboxylic acids is 2. The molecule has 2 aromatic carbocycles. The van der Waals surface area contributed by atoms with Crippen LogP contribution in [-0.2, 0) is 4.74 Å². The largest absolute Gasteiger partial charge is 0.352 e. The van der Waals surface area contributed by atoms with Gasteiger partial charge in [0.15, 0.2) is 23.8 Å². The summed E-state index contributed by atoms with van der Waals surface area (Å²) in [6, 6.07) is 15.4. The molecule has 4 heteroatoms. The van der Waals surface area contributed by atoms with Gasteiger partial charge in [-0.3, -0.25) is 9.59 Å². The minimum Gasteiger partial charge on any atom is -0.352 e. The van der Waals surface area contributed by atoms with Crippen LogP contribution in [0.4, 0.5) is 0 Å². The molecule has 0 unspecified atom stereocenters. The number of hydrogen-bond donors (Lipinski definition) is 0. The number of ether oxygens (including phenoxy) is 1. The Morgan fingerprint density at radius 1 is 0.800 bits per heavy atom. The molecule has 0 amide bonds. The quantitative estimate of drug-likeness (QED) is 0.641. The molecule has 0 aliphatic carbocycles. The average molecular weight is 287 g/mol.